The normalized spacial score (nSPS) is 21.4. The lowest BCUT2D eigenvalue weighted by molar-refractivity contribution is -0.138. The number of likely N-dealkylation sites (N-methyl/N-ethyl adjacent to an activating group) is 1. The number of carbonyl (C=O) groups excluding carboxylic acids is 3. The van der Waals surface area contributed by atoms with E-state index in [1.54, 1.807) is 6.92 Å². The average Bonchev–Trinajstić information content (AvgIpc) is 3.04. The van der Waals surface area contributed by atoms with E-state index in [0.717, 1.165) is 24.2 Å². The second-order valence-corrected chi connectivity index (χ2v) is 6.00. The van der Waals surface area contributed by atoms with Crippen LogP contribution in [-0.2, 0) is 20.9 Å². The van der Waals surface area contributed by atoms with Crippen LogP contribution < -0.4 is 5.32 Å². The standard InChI is InChI=1S/C17H21N3O3/c1-2-20-16(22)10-14(17(20)23)18-13-6-3-5-12(9-13)11-19-8-4-7-15(19)21/h3,5-6,9,14,18H,2,4,7-8,10-11H2,1H3. The number of nitrogens with one attached hydrogen (secondary N) is 1. The third kappa shape index (κ3) is 3.21. The van der Waals surface area contributed by atoms with Crippen LogP contribution in [0.2, 0.25) is 0 Å². The molecule has 1 atom stereocenters. The average molecular weight is 315 g/mol. The van der Waals surface area contributed by atoms with Gasteiger partial charge in [-0.3, -0.25) is 19.3 Å². The van der Waals surface area contributed by atoms with Crippen molar-refractivity contribution in [2.45, 2.75) is 38.8 Å². The summed E-state index contributed by atoms with van der Waals surface area (Å²) >= 11 is 0. The number of amides is 3. The third-order valence-electron chi connectivity index (χ3n) is 4.37. The van der Waals surface area contributed by atoms with Crippen molar-refractivity contribution in [3.05, 3.63) is 29.8 Å². The Balaban J connectivity index is 1.67. The van der Waals surface area contributed by atoms with Crippen LogP contribution in [-0.4, -0.2) is 46.7 Å². The lowest BCUT2D eigenvalue weighted by Crippen LogP contribution is -2.34. The SMILES string of the molecule is CCN1C(=O)CC(Nc2cccc(CN3CCCC3=O)c2)C1=O. The Morgan fingerprint density at radius 1 is 1.22 bits per heavy atom. The van der Waals surface area contributed by atoms with Crippen molar-refractivity contribution in [3.8, 4) is 0 Å². The second kappa shape index (κ2) is 6.40. The van der Waals surface area contributed by atoms with Crippen molar-refractivity contribution in [2.24, 2.45) is 0 Å². The van der Waals surface area contributed by atoms with E-state index in [1.165, 1.54) is 4.90 Å². The third-order valence-corrected chi connectivity index (χ3v) is 4.37. The van der Waals surface area contributed by atoms with Crippen LogP contribution >= 0.6 is 0 Å². The zero-order chi connectivity index (χ0) is 16.4. The van der Waals surface area contributed by atoms with Gasteiger partial charge in [-0.1, -0.05) is 12.1 Å². The van der Waals surface area contributed by atoms with Gasteiger partial charge in [-0.25, -0.2) is 0 Å². The molecule has 2 saturated heterocycles. The summed E-state index contributed by atoms with van der Waals surface area (Å²) < 4.78 is 0. The van der Waals surface area contributed by atoms with Crippen molar-refractivity contribution in [1.29, 1.82) is 0 Å². The molecule has 6 heteroatoms. The van der Waals surface area contributed by atoms with Crippen molar-refractivity contribution >= 4 is 23.4 Å². The summed E-state index contributed by atoms with van der Waals surface area (Å²) in [7, 11) is 0. The molecule has 0 radical (unpaired) electrons. The molecule has 3 amide bonds. The van der Waals surface area contributed by atoms with Gasteiger partial charge in [-0.05, 0) is 31.0 Å². The van der Waals surface area contributed by atoms with E-state index in [2.05, 4.69) is 5.32 Å². The minimum atomic E-state index is -0.494. The molecule has 0 bridgehead atoms. The molecule has 2 fully saturated rings. The quantitative estimate of drug-likeness (QED) is 0.833. The molecular formula is C17H21N3O3. The summed E-state index contributed by atoms with van der Waals surface area (Å²) in [6.07, 6.45) is 1.74. The first kappa shape index (κ1) is 15.5. The molecule has 0 spiro atoms. The molecule has 2 aliphatic rings. The number of nitrogens with zero attached hydrogens (tertiary/aromatic N) is 2. The van der Waals surface area contributed by atoms with E-state index in [-0.39, 0.29) is 24.1 Å². The highest BCUT2D eigenvalue weighted by atomic mass is 16.2. The zero-order valence-corrected chi connectivity index (χ0v) is 13.2. The first-order valence-electron chi connectivity index (χ1n) is 8.06. The van der Waals surface area contributed by atoms with Crippen molar-refractivity contribution in [1.82, 2.24) is 9.80 Å². The van der Waals surface area contributed by atoms with Crippen molar-refractivity contribution in [2.75, 3.05) is 18.4 Å². The Hall–Kier alpha value is -2.37. The number of likely N-dealkylation sites (tertiary alicyclic amines) is 2. The van der Waals surface area contributed by atoms with Crippen LogP contribution in [0.4, 0.5) is 5.69 Å². The van der Waals surface area contributed by atoms with E-state index in [0.29, 0.717) is 19.5 Å². The first-order chi connectivity index (χ1) is 11.1. The molecule has 1 aromatic rings. The Morgan fingerprint density at radius 3 is 2.70 bits per heavy atom. The molecule has 6 nitrogen and oxygen atoms in total. The summed E-state index contributed by atoms with van der Waals surface area (Å²) in [6, 6.07) is 7.19. The van der Waals surface area contributed by atoms with Crippen LogP contribution in [0, 0.1) is 0 Å². The maximum atomic E-state index is 12.1. The number of rotatable bonds is 5. The fraction of sp³-hybridized carbons (Fsp3) is 0.471. The van der Waals surface area contributed by atoms with Gasteiger partial charge in [0.15, 0.2) is 0 Å². The highest BCUT2D eigenvalue weighted by molar-refractivity contribution is 6.06. The molecule has 2 aliphatic heterocycles. The van der Waals surface area contributed by atoms with Gasteiger partial charge in [0.05, 0.1) is 6.42 Å². The summed E-state index contributed by atoms with van der Waals surface area (Å²) in [5, 5.41) is 3.15. The molecular weight excluding hydrogens is 294 g/mol. The monoisotopic (exact) mass is 315 g/mol. The van der Waals surface area contributed by atoms with Gasteiger partial charge in [0.25, 0.3) is 5.91 Å². The molecule has 0 aliphatic carbocycles. The van der Waals surface area contributed by atoms with Gasteiger partial charge < -0.3 is 10.2 Å². The zero-order valence-electron chi connectivity index (χ0n) is 13.2. The van der Waals surface area contributed by atoms with Gasteiger partial charge in [0.2, 0.25) is 11.8 Å². The molecule has 3 rings (SSSR count). The Kier molecular flexibility index (Phi) is 4.32. The van der Waals surface area contributed by atoms with Crippen molar-refractivity contribution < 1.29 is 14.4 Å². The van der Waals surface area contributed by atoms with Gasteiger partial charge >= 0.3 is 0 Å². The van der Waals surface area contributed by atoms with E-state index in [4.69, 9.17) is 0 Å². The van der Waals surface area contributed by atoms with Crippen LogP contribution in [0.25, 0.3) is 0 Å². The van der Waals surface area contributed by atoms with E-state index >= 15 is 0 Å². The number of benzene rings is 1. The van der Waals surface area contributed by atoms with Crippen LogP contribution in [0.5, 0.6) is 0 Å². The van der Waals surface area contributed by atoms with Gasteiger partial charge in [0, 0.05) is 31.7 Å². The number of carbonyl (C=O) groups is 3. The van der Waals surface area contributed by atoms with Gasteiger partial charge in [-0.15, -0.1) is 0 Å². The second-order valence-electron chi connectivity index (χ2n) is 6.00. The van der Waals surface area contributed by atoms with Crippen LogP contribution in [0.1, 0.15) is 31.7 Å². The number of imide groups is 1. The van der Waals surface area contributed by atoms with E-state index < -0.39 is 6.04 Å². The number of hydrogen-bond acceptors (Lipinski definition) is 4. The lowest BCUT2D eigenvalue weighted by atomic mass is 10.1. The molecule has 1 aromatic carbocycles. The lowest BCUT2D eigenvalue weighted by Gasteiger charge is -2.17. The van der Waals surface area contributed by atoms with E-state index in [9.17, 15) is 14.4 Å². The fourth-order valence-electron chi connectivity index (χ4n) is 3.18. The summed E-state index contributed by atoms with van der Waals surface area (Å²) in [4.78, 5) is 38.8. The topological polar surface area (TPSA) is 69.7 Å². The molecule has 1 unspecified atom stereocenters. The molecule has 23 heavy (non-hydrogen) atoms. The molecule has 0 saturated carbocycles. The number of hydrogen-bond donors (Lipinski definition) is 1. The number of anilines is 1. The first-order valence-corrected chi connectivity index (χ1v) is 8.06. The highest BCUT2D eigenvalue weighted by Gasteiger charge is 2.37. The molecule has 122 valence electrons. The predicted octanol–water partition coefficient (Wildman–Crippen LogP) is 1.37. The summed E-state index contributed by atoms with van der Waals surface area (Å²) in [5.74, 6) is -0.107. The van der Waals surface area contributed by atoms with E-state index in [1.807, 2.05) is 29.2 Å². The van der Waals surface area contributed by atoms with Gasteiger partial charge in [-0.2, -0.15) is 0 Å². The maximum Gasteiger partial charge on any atom is 0.252 e. The summed E-state index contributed by atoms with van der Waals surface area (Å²) in [6.45, 7) is 3.60. The predicted molar refractivity (Wildman–Crippen MR) is 85.5 cm³/mol. The molecule has 1 N–H and O–H groups in total. The van der Waals surface area contributed by atoms with Gasteiger partial charge in [0.1, 0.15) is 6.04 Å². The Labute approximate surface area is 135 Å². The smallest absolute Gasteiger partial charge is 0.252 e. The minimum Gasteiger partial charge on any atom is -0.373 e. The Bertz CT molecular complexity index is 644. The maximum absolute atomic E-state index is 12.1. The largest absolute Gasteiger partial charge is 0.373 e. The molecule has 2 heterocycles. The van der Waals surface area contributed by atoms with Crippen LogP contribution in [0.15, 0.2) is 24.3 Å². The summed E-state index contributed by atoms with van der Waals surface area (Å²) in [5.41, 5.74) is 1.83. The fourth-order valence-corrected chi connectivity index (χ4v) is 3.18. The highest BCUT2D eigenvalue weighted by Crippen LogP contribution is 2.21. The minimum absolute atomic E-state index is 0.131. The van der Waals surface area contributed by atoms with Crippen LogP contribution in [0.3, 0.4) is 0 Å². The Morgan fingerprint density at radius 2 is 2.04 bits per heavy atom. The molecule has 0 aromatic heterocycles. The van der Waals surface area contributed by atoms with Crippen molar-refractivity contribution in [3.63, 3.8) is 0 Å².